The number of amides is 1. The molecule has 0 spiro atoms. The fraction of sp³-hybridized carbons (Fsp3) is 0.353. The molecular weight excluding hydrogens is 360 g/mol. The van der Waals surface area contributed by atoms with Crippen LogP contribution >= 0.6 is 15.9 Å². The van der Waals surface area contributed by atoms with E-state index in [2.05, 4.69) is 15.9 Å². The summed E-state index contributed by atoms with van der Waals surface area (Å²) >= 11 is 3.38. The molecule has 23 heavy (non-hydrogen) atoms. The van der Waals surface area contributed by atoms with Gasteiger partial charge < -0.3 is 19.8 Å². The SMILES string of the molecule is C[C@@H]1CN(C(=O)c2ccc(-c3ccc(Br)cc3N)o2)C[C@H](C)O1. The van der Waals surface area contributed by atoms with Crippen LogP contribution in [-0.2, 0) is 4.74 Å². The molecule has 0 unspecified atom stereocenters. The van der Waals surface area contributed by atoms with Gasteiger partial charge in [-0.05, 0) is 44.2 Å². The molecule has 1 amide bonds. The number of morpholine rings is 1. The first kappa shape index (κ1) is 16.1. The number of halogens is 1. The number of nitrogens with two attached hydrogens (primary N) is 1. The van der Waals surface area contributed by atoms with E-state index in [0.29, 0.717) is 30.3 Å². The van der Waals surface area contributed by atoms with Crippen LogP contribution < -0.4 is 5.73 Å². The van der Waals surface area contributed by atoms with Crippen LogP contribution in [0.5, 0.6) is 0 Å². The summed E-state index contributed by atoms with van der Waals surface area (Å²) < 4.78 is 12.3. The lowest BCUT2D eigenvalue weighted by molar-refractivity contribution is -0.0592. The highest BCUT2D eigenvalue weighted by atomic mass is 79.9. The van der Waals surface area contributed by atoms with Crippen molar-refractivity contribution < 1.29 is 13.9 Å². The molecule has 5 nitrogen and oxygen atoms in total. The zero-order valence-electron chi connectivity index (χ0n) is 13.1. The number of rotatable bonds is 2. The standard InChI is InChI=1S/C17H19BrN2O3/c1-10-8-20(9-11(2)22-10)17(21)16-6-5-15(23-16)13-4-3-12(18)7-14(13)19/h3-7,10-11H,8-9,19H2,1-2H3/t10-,11+. The molecule has 0 radical (unpaired) electrons. The molecule has 0 aliphatic carbocycles. The van der Waals surface area contributed by atoms with E-state index in [0.717, 1.165) is 10.0 Å². The molecule has 1 aromatic heterocycles. The molecule has 2 heterocycles. The minimum absolute atomic E-state index is 0.0271. The van der Waals surface area contributed by atoms with Gasteiger partial charge in [0.05, 0.1) is 12.2 Å². The predicted molar refractivity (Wildman–Crippen MR) is 92.2 cm³/mol. The normalized spacial score (nSPS) is 21.4. The van der Waals surface area contributed by atoms with Gasteiger partial charge in [0.15, 0.2) is 5.76 Å². The van der Waals surface area contributed by atoms with Crippen LogP contribution in [0.2, 0.25) is 0 Å². The molecule has 1 fully saturated rings. The Balaban J connectivity index is 1.82. The number of carbonyl (C=O) groups is 1. The number of hydrogen-bond acceptors (Lipinski definition) is 4. The number of hydrogen-bond donors (Lipinski definition) is 1. The van der Waals surface area contributed by atoms with Crippen molar-refractivity contribution in [2.45, 2.75) is 26.1 Å². The van der Waals surface area contributed by atoms with Gasteiger partial charge in [-0.25, -0.2) is 0 Å². The molecule has 1 aliphatic heterocycles. The van der Waals surface area contributed by atoms with E-state index in [-0.39, 0.29) is 18.1 Å². The average molecular weight is 379 g/mol. The van der Waals surface area contributed by atoms with Crippen LogP contribution in [0.25, 0.3) is 11.3 Å². The number of ether oxygens (including phenoxy) is 1. The van der Waals surface area contributed by atoms with Crippen LogP contribution in [0.4, 0.5) is 5.69 Å². The lowest BCUT2D eigenvalue weighted by atomic mass is 10.1. The van der Waals surface area contributed by atoms with Crippen molar-refractivity contribution in [3.8, 4) is 11.3 Å². The molecule has 1 aromatic carbocycles. The Morgan fingerprint density at radius 3 is 2.57 bits per heavy atom. The Morgan fingerprint density at radius 1 is 1.22 bits per heavy atom. The Bertz CT molecular complexity index is 718. The molecule has 0 saturated carbocycles. The van der Waals surface area contributed by atoms with Crippen molar-refractivity contribution in [2.75, 3.05) is 18.8 Å². The lowest BCUT2D eigenvalue weighted by Gasteiger charge is -2.34. The van der Waals surface area contributed by atoms with Gasteiger partial charge in [0, 0.05) is 28.8 Å². The molecule has 2 N–H and O–H groups in total. The third-order valence-electron chi connectivity index (χ3n) is 3.80. The van der Waals surface area contributed by atoms with Crippen LogP contribution in [0.3, 0.4) is 0 Å². The molecule has 2 aromatic rings. The van der Waals surface area contributed by atoms with E-state index in [1.165, 1.54) is 0 Å². The first-order valence-corrected chi connectivity index (χ1v) is 8.33. The third-order valence-corrected chi connectivity index (χ3v) is 4.30. The third kappa shape index (κ3) is 3.43. The molecule has 1 aliphatic rings. The lowest BCUT2D eigenvalue weighted by Crippen LogP contribution is -2.48. The van der Waals surface area contributed by atoms with Gasteiger partial charge in [-0.2, -0.15) is 0 Å². The quantitative estimate of drug-likeness (QED) is 0.811. The maximum absolute atomic E-state index is 12.6. The second-order valence-electron chi connectivity index (χ2n) is 5.86. The summed E-state index contributed by atoms with van der Waals surface area (Å²) in [5, 5.41) is 0. The minimum atomic E-state index is -0.117. The Morgan fingerprint density at radius 2 is 1.91 bits per heavy atom. The highest BCUT2D eigenvalue weighted by Crippen LogP contribution is 2.30. The summed E-state index contributed by atoms with van der Waals surface area (Å²) in [5.41, 5.74) is 7.39. The number of furan rings is 1. The van der Waals surface area contributed by atoms with Gasteiger partial charge in [0.25, 0.3) is 5.91 Å². The summed E-state index contributed by atoms with van der Waals surface area (Å²) in [6.45, 7) is 5.07. The van der Waals surface area contributed by atoms with Crippen LogP contribution in [-0.4, -0.2) is 36.1 Å². The number of nitrogens with zero attached hydrogens (tertiary/aromatic N) is 1. The summed E-state index contributed by atoms with van der Waals surface area (Å²) in [6, 6.07) is 9.04. The summed E-state index contributed by atoms with van der Waals surface area (Å²) in [6.07, 6.45) is 0.0542. The summed E-state index contributed by atoms with van der Waals surface area (Å²) in [4.78, 5) is 14.4. The van der Waals surface area contributed by atoms with Crippen molar-refractivity contribution in [1.29, 1.82) is 0 Å². The number of carbonyl (C=O) groups excluding carboxylic acids is 1. The molecule has 122 valence electrons. The fourth-order valence-corrected chi connectivity index (χ4v) is 3.23. The zero-order chi connectivity index (χ0) is 16.6. The largest absolute Gasteiger partial charge is 0.451 e. The van der Waals surface area contributed by atoms with Gasteiger partial charge in [-0.15, -0.1) is 0 Å². The molecule has 1 saturated heterocycles. The molecule has 0 bridgehead atoms. The van der Waals surface area contributed by atoms with Crippen LogP contribution in [0.15, 0.2) is 39.2 Å². The van der Waals surface area contributed by atoms with Crippen molar-refractivity contribution in [3.05, 3.63) is 40.6 Å². The Hall–Kier alpha value is -1.79. The van der Waals surface area contributed by atoms with Gasteiger partial charge in [0.1, 0.15) is 5.76 Å². The van der Waals surface area contributed by atoms with E-state index in [4.69, 9.17) is 14.9 Å². The van der Waals surface area contributed by atoms with Gasteiger partial charge >= 0.3 is 0 Å². The van der Waals surface area contributed by atoms with Crippen molar-refractivity contribution in [1.82, 2.24) is 4.90 Å². The van der Waals surface area contributed by atoms with E-state index >= 15 is 0 Å². The van der Waals surface area contributed by atoms with E-state index in [9.17, 15) is 4.79 Å². The number of nitrogen functional groups attached to an aromatic ring is 1. The number of anilines is 1. The monoisotopic (exact) mass is 378 g/mol. The van der Waals surface area contributed by atoms with Crippen molar-refractivity contribution in [3.63, 3.8) is 0 Å². The van der Waals surface area contributed by atoms with Crippen molar-refractivity contribution in [2.24, 2.45) is 0 Å². The molecule has 3 rings (SSSR count). The minimum Gasteiger partial charge on any atom is -0.451 e. The van der Waals surface area contributed by atoms with Crippen LogP contribution in [0.1, 0.15) is 24.4 Å². The Labute approximate surface area is 143 Å². The molecular formula is C17H19BrN2O3. The van der Waals surface area contributed by atoms with Crippen molar-refractivity contribution >= 4 is 27.5 Å². The van der Waals surface area contributed by atoms with E-state index in [1.54, 1.807) is 17.0 Å². The van der Waals surface area contributed by atoms with E-state index in [1.807, 2.05) is 32.0 Å². The Kier molecular flexibility index (Phi) is 4.46. The zero-order valence-corrected chi connectivity index (χ0v) is 14.7. The highest BCUT2D eigenvalue weighted by molar-refractivity contribution is 9.10. The highest BCUT2D eigenvalue weighted by Gasteiger charge is 2.28. The fourth-order valence-electron chi connectivity index (χ4n) is 2.86. The van der Waals surface area contributed by atoms with Gasteiger partial charge in [-0.3, -0.25) is 4.79 Å². The smallest absolute Gasteiger partial charge is 0.289 e. The second kappa shape index (κ2) is 6.37. The van der Waals surface area contributed by atoms with Crippen LogP contribution in [0, 0.1) is 0 Å². The molecule has 6 heteroatoms. The second-order valence-corrected chi connectivity index (χ2v) is 6.78. The molecule has 2 atom stereocenters. The number of benzene rings is 1. The average Bonchev–Trinajstić information content (AvgIpc) is 2.95. The van der Waals surface area contributed by atoms with Gasteiger partial charge in [-0.1, -0.05) is 15.9 Å². The van der Waals surface area contributed by atoms with E-state index < -0.39 is 0 Å². The summed E-state index contributed by atoms with van der Waals surface area (Å²) in [7, 11) is 0. The predicted octanol–water partition coefficient (Wildman–Crippen LogP) is 3.54. The maximum atomic E-state index is 12.6. The first-order valence-electron chi connectivity index (χ1n) is 7.54. The first-order chi connectivity index (χ1) is 10.9. The van der Waals surface area contributed by atoms with Gasteiger partial charge in [0.2, 0.25) is 0 Å². The topological polar surface area (TPSA) is 68.7 Å². The maximum Gasteiger partial charge on any atom is 0.289 e. The summed E-state index contributed by atoms with van der Waals surface area (Å²) in [5.74, 6) is 0.797.